The van der Waals surface area contributed by atoms with E-state index >= 15 is 0 Å². The Kier molecular flexibility index (Phi) is 5.55. The summed E-state index contributed by atoms with van der Waals surface area (Å²) in [5.74, 6) is -0.987. The number of carbonyl (C=O) groups excluding carboxylic acids is 2. The van der Waals surface area contributed by atoms with Crippen molar-refractivity contribution >= 4 is 11.8 Å². The summed E-state index contributed by atoms with van der Waals surface area (Å²) in [4.78, 5) is 23.4. The van der Waals surface area contributed by atoms with E-state index < -0.39 is 11.8 Å². The minimum Gasteiger partial charge on any atom is -0.361 e. The number of amides is 2. The molecule has 0 saturated heterocycles. The highest BCUT2D eigenvalue weighted by atomic mass is 16.2. The molecule has 0 radical (unpaired) electrons. The van der Waals surface area contributed by atoms with Crippen LogP contribution in [0.5, 0.6) is 0 Å². The maximum absolute atomic E-state index is 11.3. The fraction of sp³-hybridized carbons (Fsp3) is 0.467. The maximum Gasteiger partial charge on any atom is 0.311 e. The lowest BCUT2D eigenvalue weighted by molar-refractivity contribution is -0.143. The van der Waals surface area contributed by atoms with Gasteiger partial charge in [0.25, 0.3) is 0 Å². The molecule has 0 fully saturated rings. The van der Waals surface area contributed by atoms with E-state index in [2.05, 4.69) is 38.1 Å². The summed E-state index contributed by atoms with van der Waals surface area (Å²) < 4.78 is 0. The molecule has 104 valence electrons. The summed E-state index contributed by atoms with van der Waals surface area (Å²) in [5, 5.41) is 0. The Balaban J connectivity index is 2.55. The smallest absolute Gasteiger partial charge is 0.311 e. The van der Waals surface area contributed by atoms with E-state index in [1.807, 2.05) is 0 Å². The molecule has 0 bridgehead atoms. The van der Waals surface area contributed by atoms with E-state index in [-0.39, 0.29) is 0 Å². The quantitative estimate of drug-likeness (QED) is 0.821. The summed E-state index contributed by atoms with van der Waals surface area (Å²) >= 11 is 0. The number of nitrogens with zero attached hydrogens (tertiary/aromatic N) is 1. The van der Waals surface area contributed by atoms with Gasteiger partial charge in [-0.05, 0) is 29.9 Å². The van der Waals surface area contributed by atoms with Crippen molar-refractivity contribution in [1.29, 1.82) is 0 Å². The SMILES string of the molecule is CCC(C)c1ccc(CCN(C)C(=O)C(N)=O)cc1. The molecule has 0 aliphatic rings. The van der Waals surface area contributed by atoms with Crippen LogP contribution in [0.1, 0.15) is 37.3 Å². The third-order valence-corrected chi connectivity index (χ3v) is 3.45. The van der Waals surface area contributed by atoms with Gasteiger partial charge in [0.2, 0.25) is 0 Å². The first kappa shape index (κ1) is 15.2. The van der Waals surface area contributed by atoms with Gasteiger partial charge in [0.15, 0.2) is 0 Å². The van der Waals surface area contributed by atoms with Gasteiger partial charge in [-0.3, -0.25) is 9.59 Å². The predicted octanol–water partition coefficient (Wildman–Crippen LogP) is 1.69. The lowest BCUT2D eigenvalue weighted by Crippen LogP contribution is -2.38. The topological polar surface area (TPSA) is 63.4 Å². The molecule has 1 aromatic rings. The second kappa shape index (κ2) is 6.92. The largest absolute Gasteiger partial charge is 0.361 e. The molecule has 0 heterocycles. The van der Waals surface area contributed by atoms with Gasteiger partial charge in [0.05, 0.1) is 0 Å². The van der Waals surface area contributed by atoms with Gasteiger partial charge in [-0.2, -0.15) is 0 Å². The Bertz CT molecular complexity index is 440. The monoisotopic (exact) mass is 262 g/mol. The fourth-order valence-electron chi connectivity index (χ4n) is 1.84. The van der Waals surface area contributed by atoms with E-state index in [1.54, 1.807) is 7.05 Å². The minimum absolute atomic E-state index is 0.491. The van der Waals surface area contributed by atoms with Crippen LogP contribution in [0, 0.1) is 0 Å². The Morgan fingerprint density at radius 1 is 1.26 bits per heavy atom. The summed E-state index contributed by atoms with van der Waals surface area (Å²) in [7, 11) is 1.58. The molecule has 1 rings (SSSR count). The van der Waals surface area contributed by atoms with Crippen molar-refractivity contribution in [1.82, 2.24) is 4.90 Å². The summed E-state index contributed by atoms with van der Waals surface area (Å²) in [5.41, 5.74) is 7.42. The zero-order valence-corrected chi connectivity index (χ0v) is 11.8. The van der Waals surface area contributed by atoms with E-state index in [4.69, 9.17) is 5.73 Å². The van der Waals surface area contributed by atoms with Crippen molar-refractivity contribution < 1.29 is 9.59 Å². The van der Waals surface area contributed by atoms with Crippen LogP contribution >= 0.6 is 0 Å². The van der Waals surface area contributed by atoms with Gasteiger partial charge in [-0.25, -0.2) is 0 Å². The van der Waals surface area contributed by atoms with Crippen LogP contribution in [0.2, 0.25) is 0 Å². The van der Waals surface area contributed by atoms with Crippen LogP contribution in [0.4, 0.5) is 0 Å². The fourth-order valence-corrected chi connectivity index (χ4v) is 1.84. The molecule has 0 aromatic heterocycles. The first-order valence-corrected chi connectivity index (χ1v) is 6.59. The summed E-state index contributed by atoms with van der Waals surface area (Å²) in [6.45, 7) is 4.86. The second-order valence-corrected chi connectivity index (χ2v) is 4.89. The molecule has 2 N–H and O–H groups in total. The molecule has 0 saturated carbocycles. The number of primary amides is 1. The molecule has 1 unspecified atom stereocenters. The van der Waals surface area contributed by atoms with E-state index in [9.17, 15) is 9.59 Å². The highest BCUT2D eigenvalue weighted by Crippen LogP contribution is 2.18. The molecule has 1 aromatic carbocycles. The van der Waals surface area contributed by atoms with Crippen LogP contribution in [0.25, 0.3) is 0 Å². The average molecular weight is 262 g/mol. The van der Waals surface area contributed by atoms with Crippen LogP contribution in [-0.4, -0.2) is 30.3 Å². The summed E-state index contributed by atoms with van der Waals surface area (Å²) in [6, 6.07) is 8.40. The molecule has 4 heteroatoms. The van der Waals surface area contributed by atoms with E-state index in [0.717, 1.165) is 18.4 Å². The van der Waals surface area contributed by atoms with Gasteiger partial charge in [0, 0.05) is 13.6 Å². The van der Waals surface area contributed by atoms with Crippen molar-refractivity contribution in [2.24, 2.45) is 5.73 Å². The number of hydrogen-bond donors (Lipinski definition) is 1. The first-order chi connectivity index (χ1) is 8.95. The zero-order valence-electron chi connectivity index (χ0n) is 11.8. The molecular formula is C15H22N2O2. The number of benzene rings is 1. The number of carbonyl (C=O) groups is 2. The van der Waals surface area contributed by atoms with Crippen LogP contribution in [0.3, 0.4) is 0 Å². The maximum atomic E-state index is 11.3. The molecule has 19 heavy (non-hydrogen) atoms. The highest BCUT2D eigenvalue weighted by Gasteiger charge is 2.14. The Hall–Kier alpha value is -1.84. The average Bonchev–Trinajstić information content (AvgIpc) is 2.43. The molecule has 0 spiro atoms. The van der Waals surface area contributed by atoms with Crippen LogP contribution in [-0.2, 0) is 16.0 Å². The predicted molar refractivity (Wildman–Crippen MR) is 75.7 cm³/mol. The van der Waals surface area contributed by atoms with Crippen molar-refractivity contribution in [2.75, 3.05) is 13.6 Å². The van der Waals surface area contributed by atoms with Crippen molar-refractivity contribution in [3.8, 4) is 0 Å². The van der Waals surface area contributed by atoms with Gasteiger partial charge < -0.3 is 10.6 Å². The standard InChI is InChI=1S/C15H22N2O2/c1-4-11(2)13-7-5-12(6-8-13)9-10-17(3)15(19)14(16)18/h5-8,11H,4,9-10H2,1-3H3,(H2,16,18). The van der Waals surface area contributed by atoms with Gasteiger partial charge in [-0.15, -0.1) is 0 Å². The second-order valence-electron chi connectivity index (χ2n) is 4.89. The van der Waals surface area contributed by atoms with Crippen molar-refractivity contribution in [2.45, 2.75) is 32.6 Å². The molecule has 0 aliphatic heterocycles. The Morgan fingerprint density at radius 3 is 2.32 bits per heavy atom. The Labute approximate surface area is 114 Å². The van der Waals surface area contributed by atoms with Gasteiger partial charge in [0.1, 0.15) is 0 Å². The highest BCUT2D eigenvalue weighted by molar-refractivity contribution is 6.34. The third kappa shape index (κ3) is 4.39. The number of nitrogens with two attached hydrogens (primary N) is 1. The van der Waals surface area contributed by atoms with E-state index in [1.165, 1.54) is 10.5 Å². The van der Waals surface area contributed by atoms with Gasteiger partial charge >= 0.3 is 11.8 Å². The van der Waals surface area contributed by atoms with Crippen LogP contribution < -0.4 is 5.73 Å². The zero-order chi connectivity index (χ0) is 14.4. The van der Waals surface area contributed by atoms with E-state index in [0.29, 0.717) is 12.5 Å². The number of rotatable bonds is 5. The molecule has 0 aliphatic carbocycles. The van der Waals surface area contributed by atoms with Crippen LogP contribution in [0.15, 0.2) is 24.3 Å². The van der Waals surface area contributed by atoms with Gasteiger partial charge in [-0.1, -0.05) is 38.1 Å². The minimum atomic E-state index is -0.908. The number of hydrogen-bond acceptors (Lipinski definition) is 2. The number of likely N-dealkylation sites (N-methyl/N-ethyl adjacent to an activating group) is 1. The lowest BCUT2D eigenvalue weighted by atomic mass is 9.97. The lowest BCUT2D eigenvalue weighted by Gasteiger charge is -2.15. The summed E-state index contributed by atoms with van der Waals surface area (Å²) in [6.07, 6.45) is 1.84. The normalized spacial score (nSPS) is 11.9. The Morgan fingerprint density at radius 2 is 1.84 bits per heavy atom. The molecule has 4 nitrogen and oxygen atoms in total. The third-order valence-electron chi connectivity index (χ3n) is 3.45. The van der Waals surface area contributed by atoms with Crippen molar-refractivity contribution in [3.63, 3.8) is 0 Å². The van der Waals surface area contributed by atoms with Crippen molar-refractivity contribution in [3.05, 3.63) is 35.4 Å². The molecule has 1 atom stereocenters. The first-order valence-electron chi connectivity index (χ1n) is 6.59. The molecule has 2 amide bonds. The molecular weight excluding hydrogens is 240 g/mol.